The molecule has 3 N–H and O–H groups in total. The third kappa shape index (κ3) is 4.16. The molecule has 0 aliphatic rings. The fourth-order valence-electron chi connectivity index (χ4n) is 1.28. The van der Waals surface area contributed by atoms with Gasteiger partial charge >= 0.3 is 12.3 Å². The van der Waals surface area contributed by atoms with Gasteiger partial charge in [0.05, 0.1) is 12.1 Å². The second kappa shape index (κ2) is 5.59. The number of hydrogen-bond donors (Lipinski definition) is 2. The molecule has 10 heteroatoms. The van der Waals surface area contributed by atoms with Crippen LogP contribution in [0.25, 0.3) is 0 Å². The van der Waals surface area contributed by atoms with Crippen LogP contribution in [0, 0.1) is 0 Å². The van der Waals surface area contributed by atoms with Crippen molar-refractivity contribution in [2.45, 2.75) is 6.18 Å². The molecule has 7 nitrogen and oxygen atoms in total. The molecule has 1 rings (SSSR count). The number of rotatable bonds is 4. The maximum absolute atomic E-state index is 12.6. The van der Waals surface area contributed by atoms with Gasteiger partial charge in [-0.15, -0.1) is 0 Å². The van der Waals surface area contributed by atoms with Crippen LogP contribution >= 0.6 is 0 Å². The molecule has 0 spiro atoms. The molecular weight excluding hydrogens is 269 g/mol. The molecule has 2 amide bonds. The van der Waals surface area contributed by atoms with Crippen molar-refractivity contribution in [3.05, 3.63) is 17.5 Å². The molecule has 0 aromatic carbocycles. The minimum absolute atomic E-state index is 0.159. The summed E-state index contributed by atoms with van der Waals surface area (Å²) in [6.07, 6.45) is -4.81. The number of nitrogens with zero attached hydrogens (tertiary/aromatic N) is 2. The fraction of sp³-hybridized carbons (Fsp3) is 0.444. The van der Waals surface area contributed by atoms with Crippen molar-refractivity contribution < 1.29 is 27.5 Å². The smallest absolute Gasteiger partial charge is 0.435 e. The van der Waals surface area contributed by atoms with Gasteiger partial charge < -0.3 is 15.8 Å². The first kappa shape index (κ1) is 14.8. The Morgan fingerprint density at radius 2 is 2.16 bits per heavy atom. The minimum atomic E-state index is -4.72. The van der Waals surface area contributed by atoms with Crippen LogP contribution < -0.4 is 11.1 Å². The van der Waals surface area contributed by atoms with E-state index in [-0.39, 0.29) is 13.2 Å². The van der Waals surface area contributed by atoms with Crippen LogP contribution in [0.1, 0.15) is 16.1 Å². The second-order valence-corrected chi connectivity index (χ2v) is 3.49. The Balaban J connectivity index is 2.69. The molecule has 0 radical (unpaired) electrons. The Labute approximate surface area is 105 Å². The van der Waals surface area contributed by atoms with Crippen LogP contribution in [-0.2, 0) is 18.0 Å². The van der Waals surface area contributed by atoms with Gasteiger partial charge in [0.2, 0.25) is 0 Å². The van der Waals surface area contributed by atoms with Crippen molar-refractivity contribution in [1.82, 2.24) is 15.1 Å². The van der Waals surface area contributed by atoms with Crippen molar-refractivity contribution in [2.24, 2.45) is 12.8 Å². The lowest BCUT2D eigenvalue weighted by Gasteiger charge is -2.07. The first-order valence-electron chi connectivity index (χ1n) is 5.03. The largest absolute Gasteiger partial charge is 0.448 e. The Hall–Kier alpha value is -2.26. The Bertz CT molecular complexity index is 484. The lowest BCUT2D eigenvalue weighted by atomic mass is 10.2. The molecule has 1 heterocycles. The molecule has 0 fully saturated rings. The van der Waals surface area contributed by atoms with Gasteiger partial charge in [0.1, 0.15) is 6.61 Å². The number of carbonyl (C=O) groups is 2. The topological polar surface area (TPSA) is 99.2 Å². The summed E-state index contributed by atoms with van der Waals surface area (Å²) in [5, 5.41) is 5.34. The van der Waals surface area contributed by atoms with E-state index in [4.69, 9.17) is 0 Å². The summed E-state index contributed by atoms with van der Waals surface area (Å²) in [6, 6.07) is 0. The lowest BCUT2D eigenvalue weighted by molar-refractivity contribution is -0.141. The number of nitrogens with one attached hydrogen (secondary N) is 1. The number of amides is 2. The van der Waals surface area contributed by atoms with Crippen LogP contribution in [0.15, 0.2) is 6.20 Å². The van der Waals surface area contributed by atoms with Crippen LogP contribution in [-0.4, -0.2) is 34.9 Å². The molecule has 0 bridgehead atoms. The van der Waals surface area contributed by atoms with Gasteiger partial charge in [0, 0.05) is 13.2 Å². The van der Waals surface area contributed by atoms with Gasteiger partial charge in [-0.25, -0.2) is 4.79 Å². The Morgan fingerprint density at radius 3 is 2.68 bits per heavy atom. The highest BCUT2D eigenvalue weighted by Crippen LogP contribution is 2.30. The number of carbonyl (C=O) groups excluding carboxylic acids is 2. The average Bonchev–Trinajstić information content (AvgIpc) is 2.66. The van der Waals surface area contributed by atoms with E-state index in [0.29, 0.717) is 0 Å². The first-order valence-corrected chi connectivity index (χ1v) is 5.03. The quantitative estimate of drug-likeness (QED) is 0.773. The highest BCUT2D eigenvalue weighted by atomic mass is 19.4. The SMILES string of the molecule is Cn1cc(C(=O)NCCOC(N)=O)c(C(F)(F)F)n1. The Morgan fingerprint density at radius 1 is 1.53 bits per heavy atom. The van der Waals surface area contributed by atoms with Crippen LogP contribution in [0.5, 0.6) is 0 Å². The summed E-state index contributed by atoms with van der Waals surface area (Å²) >= 11 is 0. The molecule has 0 saturated heterocycles. The van der Waals surface area contributed by atoms with E-state index in [9.17, 15) is 22.8 Å². The van der Waals surface area contributed by atoms with Crippen LogP contribution in [0.2, 0.25) is 0 Å². The number of hydrogen-bond acceptors (Lipinski definition) is 4. The maximum Gasteiger partial charge on any atom is 0.435 e. The standard InChI is InChI=1S/C9H11F3N4O3/c1-16-4-5(6(15-16)9(10,11)12)7(17)14-2-3-19-8(13)18/h4H,2-3H2,1H3,(H2,13,18)(H,14,17). The van der Waals surface area contributed by atoms with Crippen molar-refractivity contribution in [3.63, 3.8) is 0 Å². The number of aryl methyl sites for hydroxylation is 1. The molecule has 0 saturated carbocycles. The third-order valence-electron chi connectivity index (χ3n) is 1.97. The number of ether oxygens (including phenoxy) is 1. The fourth-order valence-corrected chi connectivity index (χ4v) is 1.28. The zero-order valence-corrected chi connectivity index (χ0v) is 9.82. The van der Waals surface area contributed by atoms with E-state index in [1.165, 1.54) is 7.05 Å². The van der Waals surface area contributed by atoms with E-state index in [0.717, 1.165) is 10.9 Å². The zero-order chi connectivity index (χ0) is 14.6. The first-order chi connectivity index (χ1) is 8.71. The highest BCUT2D eigenvalue weighted by Gasteiger charge is 2.38. The van der Waals surface area contributed by atoms with Gasteiger partial charge in [-0.3, -0.25) is 9.48 Å². The minimum Gasteiger partial charge on any atom is -0.448 e. The molecule has 19 heavy (non-hydrogen) atoms. The van der Waals surface area contributed by atoms with Gasteiger partial charge in [-0.05, 0) is 0 Å². The monoisotopic (exact) mass is 280 g/mol. The van der Waals surface area contributed by atoms with E-state index < -0.39 is 29.4 Å². The summed E-state index contributed by atoms with van der Waals surface area (Å²) in [7, 11) is 1.27. The number of alkyl halides is 3. The second-order valence-electron chi connectivity index (χ2n) is 3.49. The predicted octanol–water partition coefficient (Wildman–Crippen LogP) is 0.264. The molecule has 0 aliphatic carbocycles. The van der Waals surface area contributed by atoms with E-state index in [1.54, 1.807) is 0 Å². The highest BCUT2D eigenvalue weighted by molar-refractivity contribution is 5.95. The zero-order valence-electron chi connectivity index (χ0n) is 9.82. The summed E-state index contributed by atoms with van der Waals surface area (Å²) in [6.45, 7) is -0.392. The van der Waals surface area contributed by atoms with Gasteiger partial charge in [0.15, 0.2) is 5.69 Å². The molecule has 1 aromatic rings. The summed E-state index contributed by atoms with van der Waals surface area (Å²) in [4.78, 5) is 21.8. The van der Waals surface area contributed by atoms with Crippen molar-refractivity contribution in [1.29, 1.82) is 0 Å². The van der Waals surface area contributed by atoms with Crippen molar-refractivity contribution in [2.75, 3.05) is 13.2 Å². The molecule has 0 atom stereocenters. The molecule has 1 aromatic heterocycles. The molecular formula is C9H11F3N4O3. The number of halogens is 3. The lowest BCUT2D eigenvalue weighted by Crippen LogP contribution is -2.30. The van der Waals surface area contributed by atoms with Crippen LogP contribution in [0.4, 0.5) is 18.0 Å². The summed E-state index contributed by atoms with van der Waals surface area (Å²) in [5.74, 6) is -0.964. The average molecular weight is 280 g/mol. The van der Waals surface area contributed by atoms with Crippen molar-refractivity contribution >= 4 is 12.0 Å². The van der Waals surface area contributed by atoms with E-state index in [2.05, 4.69) is 20.9 Å². The Kier molecular flexibility index (Phi) is 4.35. The van der Waals surface area contributed by atoms with Gasteiger partial charge in [-0.1, -0.05) is 0 Å². The van der Waals surface area contributed by atoms with E-state index >= 15 is 0 Å². The van der Waals surface area contributed by atoms with Crippen LogP contribution in [0.3, 0.4) is 0 Å². The molecule has 0 unspecified atom stereocenters. The van der Waals surface area contributed by atoms with Gasteiger partial charge in [0.25, 0.3) is 5.91 Å². The number of primary amides is 1. The molecule has 106 valence electrons. The third-order valence-corrected chi connectivity index (χ3v) is 1.97. The normalized spacial score (nSPS) is 11.2. The number of aromatic nitrogens is 2. The van der Waals surface area contributed by atoms with Gasteiger partial charge in [-0.2, -0.15) is 18.3 Å². The predicted molar refractivity (Wildman–Crippen MR) is 56.1 cm³/mol. The summed E-state index contributed by atoms with van der Waals surface area (Å²) < 4.78 is 42.9. The van der Waals surface area contributed by atoms with Crippen molar-refractivity contribution in [3.8, 4) is 0 Å². The van der Waals surface area contributed by atoms with E-state index in [1.807, 2.05) is 0 Å². The molecule has 0 aliphatic heterocycles. The summed E-state index contributed by atoms with van der Waals surface area (Å²) in [5.41, 5.74) is 2.79. The maximum atomic E-state index is 12.6. The number of nitrogens with two attached hydrogens (primary N) is 1.